The Hall–Kier alpha value is -2.04. The minimum absolute atomic E-state index is 0.565. The Morgan fingerprint density at radius 1 is 0.565 bits per heavy atom. The summed E-state index contributed by atoms with van der Waals surface area (Å²) in [6.45, 7) is 2.59. The van der Waals surface area contributed by atoms with E-state index in [0.717, 1.165) is 55.1 Å². The van der Waals surface area contributed by atoms with Crippen LogP contribution < -0.4 is 20.9 Å². The summed E-state index contributed by atoms with van der Waals surface area (Å²) in [7, 11) is 0. The summed E-state index contributed by atoms with van der Waals surface area (Å²) in [5.41, 5.74) is 13.4. The van der Waals surface area contributed by atoms with E-state index in [0.29, 0.717) is 13.1 Å². The van der Waals surface area contributed by atoms with Crippen LogP contribution >= 0.6 is 0 Å². The Labute approximate surface area is 138 Å². The summed E-state index contributed by atoms with van der Waals surface area (Å²) in [4.78, 5) is 0. The summed E-state index contributed by atoms with van der Waals surface area (Å²) in [6.07, 6.45) is 3.13. The predicted octanol–water partition coefficient (Wildman–Crippen LogP) is 3.23. The fourth-order valence-electron chi connectivity index (χ4n) is 2.20. The lowest BCUT2D eigenvalue weighted by Gasteiger charge is -2.08. The third-order valence-corrected chi connectivity index (χ3v) is 3.64. The highest BCUT2D eigenvalue weighted by atomic mass is 16.5. The van der Waals surface area contributed by atoms with Gasteiger partial charge in [-0.15, -0.1) is 0 Å². The van der Waals surface area contributed by atoms with E-state index in [1.807, 2.05) is 48.5 Å². The van der Waals surface area contributed by atoms with Crippen molar-refractivity contribution in [3.63, 3.8) is 0 Å². The Morgan fingerprint density at radius 2 is 0.957 bits per heavy atom. The molecular formula is C19H26N2O2. The van der Waals surface area contributed by atoms with Gasteiger partial charge in [-0.1, -0.05) is 24.3 Å². The molecule has 0 atom stereocenters. The van der Waals surface area contributed by atoms with Gasteiger partial charge in [0.15, 0.2) is 0 Å². The number of unbranched alkanes of at least 4 members (excludes halogenated alkanes) is 2. The SMILES string of the molecule is NCc1ccc(OCCCCCOc2ccc(CN)cc2)cc1. The summed E-state index contributed by atoms with van der Waals surface area (Å²) < 4.78 is 11.4. The smallest absolute Gasteiger partial charge is 0.119 e. The second-order valence-corrected chi connectivity index (χ2v) is 5.45. The Morgan fingerprint density at radius 3 is 1.30 bits per heavy atom. The number of nitrogens with two attached hydrogens (primary N) is 2. The van der Waals surface area contributed by atoms with E-state index >= 15 is 0 Å². The van der Waals surface area contributed by atoms with Crippen LogP contribution in [-0.2, 0) is 13.1 Å². The molecule has 0 spiro atoms. The molecule has 0 saturated heterocycles. The number of hydrogen-bond acceptors (Lipinski definition) is 4. The normalized spacial score (nSPS) is 10.5. The third-order valence-electron chi connectivity index (χ3n) is 3.64. The number of benzene rings is 2. The zero-order chi connectivity index (χ0) is 16.3. The Bertz CT molecular complexity index is 501. The molecule has 0 unspecified atom stereocenters. The highest BCUT2D eigenvalue weighted by Crippen LogP contribution is 2.14. The van der Waals surface area contributed by atoms with Gasteiger partial charge in [0.05, 0.1) is 13.2 Å². The van der Waals surface area contributed by atoms with Crippen molar-refractivity contribution < 1.29 is 9.47 Å². The fraction of sp³-hybridized carbons (Fsp3) is 0.368. The molecule has 2 rings (SSSR count). The molecule has 2 aromatic rings. The molecule has 23 heavy (non-hydrogen) atoms. The monoisotopic (exact) mass is 314 g/mol. The maximum absolute atomic E-state index is 5.70. The molecule has 0 fully saturated rings. The predicted molar refractivity (Wildman–Crippen MR) is 93.5 cm³/mol. The van der Waals surface area contributed by atoms with Crippen molar-refractivity contribution >= 4 is 0 Å². The molecule has 4 nitrogen and oxygen atoms in total. The van der Waals surface area contributed by atoms with Gasteiger partial charge in [0.25, 0.3) is 0 Å². The summed E-state index contributed by atoms with van der Waals surface area (Å²) in [5.74, 6) is 1.80. The quantitative estimate of drug-likeness (QED) is 0.661. The summed E-state index contributed by atoms with van der Waals surface area (Å²) >= 11 is 0. The van der Waals surface area contributed by atoms with E-state index in [9.17, 15) is 0 Å². The van der Waals surface area contributed by atoms with Gasteiger partial charge in [0, 0.05) is 13.1 Å². The van der Waals surface area contributed by atoms with Crippen molar-refractivity contribution in [2.75, 3.05) is 13.2 Å². The lowest BCUT2D eigenvalue weighted by Crippen LogP contribution is -2.02. The van der Waals surface area contributed by atoms with E-state index in [-0.39, 0.29) is 0 Å². The first-order valence-corrected chi connectivity index (χ1v) is 8.15. The van der Waals surface area contributed by atoms with Crippen molar-refractivity contribution in [3.8, 4) is 11.5 Å². The molecule has 0 aliphatic rings. The number of hydrogen-bond donors (Lipinski definition) is 2. The van der Waals surface area contributed by atoms with Gasteiger partial charge >= 0.3 is 0 Å². The Kier molecular flexibility index (Phi) is 7.43. The minimum atomic E-state index is 0.565. The first-order valence-electron chi connectivity index (χ1n) is 8.15. The standard InChI is InChI=1S/C19H26N2O2/c20-14-16-4-8-18(9-5-16)22-12-2-1-3-13-23-19-10-6-17(15-21)7-11-19/h4-11H,1-3,12-15,20-21H2. The maximum Gasteiger partial charge on any atom is 0.119 e. The van der Waals surface area contributed by atoms with Gasteiger partial charge < -0.3 is 20.9 Å². The highest BCUT2D eigenvalue weighted by molar-refractivity contribution is 5.27. The molecule has 0 heterocycles. The molecule has 124 valence electrons. The van der Waals surface area contributed by atoms with Crippen molar-refractivity contribution in [2.45, 2.75) is 32.4 Å². The van der Waals surface area contributed by atoms with E-state index in [1.54, 1.807) is 0 Å². The van der Waals surface area contributed by atoms with Gasteiger partial charge in [-0.25, -0.2) is 0 Å². The zero-order valence-corrected chi connectivity index (χ0v) is 13.5. The molecule has 0 aliphatic heterocycles. The van der Waals surface area contributed by atoms with Crippen LogP contribution in [0.3, 0.4) is 0 Å². The topological polar surface area (TPSA) is 70.5 Å². The molecule has 4 heteroatoms. The number of ether oxygens (including phenoxy) is 2. The van der Waals surface area contributed by atoms with Crippen LogP contribution in [0.5, 0.6) is 11.5 Å². The minimum Gasteiger partial charge on any atom is -0.494 e. The van der Waals surface area contributed by atoms with Gasteiger partial charge in [-0.2, -0.15) is 0 Å². The van der Waals surface area contributed by atoms with E-state index in [2.05, 4.69) is 0 Å². The van der Waals surface area contributed by atoms with Crippen molar-refractivity contribution in [1.29, 1.82) is 0 Å². The molecule has 4 N–H and O–H groups in total. The molecule has 0 aromatic heterocycles. The Balaban J connectivity index is 1.53. The van der Waals surface area contributed by atoms with Crippen LogP contribution in [0.15, 0.2) is 48.5 Å². The lowest BCUT2D eigenvalue weighted by molar-refractivity contribution is 0.279. The van der Waals surface area contributed by atoms with Gasteiger partial charge in [0.1, 0.15) is 11.5 Å². The van der Waals surface area contributed by atoms with Crippen molar-refractivity contribution in [1.82, 2.24) is 0 Å². The maximum atomic E-state index is 5.70. The van der Waals surface area contributed by atoms with Crippen LogP contribution in [-0.4, -0.2) is 13.2 Å². The molecule has 0 radical (unpaired) electrons. The van der Waals surface area contributed by atoms with Crippen molar-refractivity contribution in [3.05, 3.63) is 59.7 Å². The average molecular weight is 314 g/mol. The van der Waals surface area contributed by atoms with Gasteiger partial charge in [0.2, 0.25) is 0 Å². The van der Waals surface area contributed by atoms with Gasteiger partial charge in [-0.3, -0.25) is 0 Å². The number of rotatable bonds is 10. The average Bonchev–Trinajstić information content (AvgIpc) is 2.62. The van der Waals surface area contributed by atoms with E-state index in [1.165, 1.54) is 0 Å². The van der Waals surface area contributed by atoms with Crippen LogP contribution in [0.25, 0.3) is 0 Å². The largest absolute Gasteiger partial charge is 0.494 e. The lowest BCUT2D eigenvalue weighted by atomic mass is 10.2. The molecule has 2 aromatic carbocycles. The first kappa shape index (κ1) is 17.3. The van der Waals surface area contributed by atoms with E-state index in [4.69, 9.17) is 20.9 Å². The molecular weight excluding hydrogens is 288 g/mol. The van der Waals surface area contributed by atoms with Gasteiger partial charge in [-0.05, 0) is 54.7 Å². The van der Waals surface area contributed by atoms with Crippen LogP contribution in [0.2, 0.25) is 0 Å². The van der Waals surface area contributed by atoms with E-state index < -0.39 is 0 Å². The second kappa shape index (κ2) is 9.87. The summed E-state index contributed by atoms with van der Waals surface area (Å²) in [6, 6.07) is 15.9. The fourth-order valence-corrected chi connectivity index (χ4v) is 2.20. The third kappa shape index (κ3) is 6.30. The van der Waals surface area contributed by atoms with Crippen molar-refractivity contribution in [2.24, 2.45) is 11.5 Å². The zero-order valence-electron chi connectivity index (χ0n) is 13.5. The highest BCUT2D eigenvalue weighted by Gasteiger charge is 1.97. The molecule has 0 amide bonds. The second-order valence-electron chi connectivity index (χ2n) is 5.45. The molecule has 0 aliphatic carbocycles. The van der Waals surface area contributed by atoms with Crippen LogP contribution in [0, 0.1) is 0 Å². The van der Waals surface area contributed by atoms with Crippen LogP contribution in [0.4, 0.5) is 0 Å². The molecule has 0 saturated carbocycles. The van der Waals surface area contributed by atoms with Crippen LogP contribution in [0.1, 0.15) is 30.4 Å². The summed E-state index contributed by atoms with van der Waals surface area (Å²) in [5, 5.41) is 0. The first-order chi connectivity index (χ1) is 11.3. The molecule has 0 bridgehead atoms.